The summed E-state index contributed by atoms with van der Waals surface area (Å²) in [5.74, 6) is 0.0574. The highest BCUT2D eigenvalue weighted by Crippen LogP contribution is 2.28. The number of nitrogens with zero attached hydrogens (tertiary/aromatic N) is 2. The number of anilines is 1. The molecule has 0 aliphatic heterocycles. The summed E-state index contributed by atoms with van der Waals surface area (Å²) in [5, 5.41) is 0. The molecule has 0 unspecified atom stereocenters. The summed E-state index contributed by atoms with van der Waals surface area (Å²) < 4.78 is 26.2. The summed E-state index contributed by atoms with van der Waals surface area (Å²) in [6.45, 7) is 7.02. The lowest BCUT2D eigenvalue weighted by Crippen LogP contribution is -2.31. The standard InChI is InChI=1S/C14H20FN3O2/c1-5-20-14(2,3)8-18-11-7-12(19-4)9(15)6-10(11)17-13(18)16/h6-7H,5,8H2,1-4H3,(H2,16,17). The molecule has 1 aromatic carbocycles. The van der Waals surface area contributed by atoms with Crippen molar-refractivity contribution in [2.45, 2.75) is 32.9 Å². The summed E-state index contributed by atoms with van der Waals surface area (Å²) in [5.41, 5.74) is 6.78. The van der Waals surface area contributed by atoms with E-state index in [9.17, 15) is 4.39 Å². The lowest BCUT2D eigenvalue weighted by molar-refractivity contribution is -0.0212. The van der Waals surface area contributed by atoms with Crippen LogP contribution in [0, 0.1) is 5.82 Å². The van der Waals surface area contributed by atoms with E-state index < -0.39 is 11.4 Å². The molecule has 1 aromatic heterocycles. The Kier molecular flexibility index (Phi) is 3.85. The molecular formula is C14H20FN3O2. The molecule has 0 aliphatic carbocycles. The molecule has 0 saturated heterocycles. The first-order chi connectivity index (χ1) is 9.38. The van der Waals surface area contributed by atoms with Crippen LogP contribution in [0.15, 0.2) is 12.1 Å². The van der Waals surface area contributed by atoms with Gasteiger partial charge in [0.25, 0.3) is 0 Å². The molecule has 0 bridgehead atoms. The molecular weight excluding hydrogens is 261 g/mol. The highest BCUT2D eigenvalue weighted by atomic mass is 19.1. The minimum atomic E-state index is -0.450. The van der Waals surface area contributed by atoms with Crippen LogP contribution in [0.1, 0.15) is 20.8 Å². The first-order valence-electron chi connectivity index (χ1n) is 6.51. The molecule has 20 heavy (non-hydrogen) atoms. The Labute approximate surface area is 117 Å². The molecule has 0 amide bonds. The van der Waals surface area contributed by atoms with Gasteiger partial charge in [-0.05, 0) is 20.8 Å². The number of rotatable bonds is 5. The minimum absolute atomic E-state index is 0.174. The van der Waals surface area contributed by atoms with Gasteiger partial charge in [0, 0.05) is 18.7 Å². The molecule has 0 radical (unpaired) electrons. The number of benzene rings is 1. The number of nitrogen functional groups attached to an aromatic ring is 1. The lowest BCUT2D eigenvalue weighted by atomic mass is 10.1. The van der Waals surface area contributed by atoms with Gasteiger partial charge in [0.2, 0.25) is 5.95 Å². The molecule has 6 heteroatoms. The Hall–Kier alpha value is -1.82. The monoisotopic (exact) mass is 281 g/mol. The maximum atomic E-state index is 13.7. The van der Waals surface area contributed by atoms with E-state index in [1.807, 2.05) is 25.3 Å². The molecule has 0 fully saturated rings. The van der Waals surface area contributed by atoms with Crippen LogP contribution < -0.4 is 10.5 Å². The SMILES string of the molecule is CCOC(C)(C)Cn1c(N)nc2cc(F)c(OC)cc21. The van der Waals surface area contributed by atoms with Crippen LogP contribution in [-0.2, 0) is 11.3 Å². The van der Waals surface area contributed by atoms with Crippen molar-refractivity contribution < 1.29 is 13.9 Å². The third kappa shape index (κ3) is 2.70. The summed E-state index contributed by atoms with van der Waals surface area (Å²) >= 11 is 0. The fourth-order valence-corrected chi connectivity index (χ4v) is 2.28. The van der Waals surface area contributed by atoms with Crippen molar-refractivity contribution in [2.75, 3.05) is 19.5 Å². The van der Waals surface area contributed by atoms with Crippen molar-refractivity contribution in [1.82, 2.24) is 9.55 Å². The maximum absolute atomic E-state index is 13.7. The fraction of sp³-hybridized carbons (Fsp3) is 0.500. The van der Waals surface area contributed by atoms with Crippen molar-refractivity contribution in [3.05, 3.63) is 17.9 Å². The van der Waals surface area contributed by atoms with Crippen LogP contribution in [-0.4, -0.2) is 28.9 Å². The molecule has 0 aliphatic rings. The van der Waals surface area contributed by atoms with Crippen LogP contribution in [0.2, 0.25) is 0 Å². The second kappa shape index (κ2) is 5.28. The van der Waals surface area contributed by atoms with Gasteiger partial charge in [-0.15, -0.1) is 0 Å². The Morgan fingerprint density at radius 1 is 1.40 bits per heavy atom. The van der Waals surface area contributed by atoms with Gasteiger partial charge in [-0.3, -0.25) is 0 Å². The van der Waals surface area contributed by atoms with Gasteiger partial charge in [0.1, 0.15) is 0 Å². The minimum Gasteiger partial charge on any atom is -0.494 e. The zero-order valence-corrected chi connectivity index (χ0v) is 12.2. The summed E-state index contributed by atoms with van der Waals surface area (Å²) in [6, 6.07) is 2.94. The average Bonchev–Trinajstić information content (AvgIpc) is 2.63. The van der Waals surface area contributed by atoms with Crippen LogP contribution >= 0.6 is 0 Å². The smallest absolute Gasteiger partial charge is 0.201 e. The lowest BCUT2D eigenvalue weighted by Gasteiger charge is -2.25. The number of hydrogen-bond donors (Lipinski definition) is 1. The van der Waals surface area contributed by atoms with Crippen LogP contribution in [0.4, 0.5) is 10.3 Å². The predicted octanol–water partition coefficient (Wildman–Crippen LogP) is 2.58. The van der Waals surface area contributed by atoms with E-state index in [4.69, 9.17) is 15.2 Å². The van der Waals surface area contributed by atoms with E-state index in [1.54, 1.807) is 6.07 Å². The highest BCUT2D eigenvalue weighted by Gasteiger charge is 2.22. The molecule has 0 atom stereocenters. The quantitative estimate of drug-likeness (QED) is 0.915. The van der Waals surface area contributed by atoms with E-state index in [-0.39, 0.29) is 5.75 Å². The van der Waals surface area contributed by atoms with Crippen molar-refractivity contribution in [1.29, 1.82) is 0 Å². The first-order valence-corrected chi connectivity index (χ1v) is 6.51. The van der Waals surface area contributed by atoms with Crippen molar-refractivity contribution in [3.8, 4) is 5.75 Å². The van der Waals surface area contributed by atoms with E-state index in [0.717, 1.165) is 5.52 Å². The second-order valence-electron chi connectivity index (χ2n) is 5.22. The third-order valence-electron chi connectivity index (χ3n) is 3.13. The van der Waals surface area contributed by atoms with Gasteiger partial charge in [-0.25, -0.2) is 9.37 Å². The van der Waals surface area contributed by atoms with Gasteiger partial charge in [0.15, 0.2) is 11.6 Å². The molecule has 110 valence electrons. The molecule has 2 aromatic rings. The Morgan fingerprint density at radius 3 is 2.70 bits per heavy atom. The Morgan fingerprint density at radius 2 is 2.10 bits per heavy atom. The Balaban J connectivity index is 2.50. The number of methoxy groups -OCH3 is 1. The van der Waals surface area contributed by atoms with Crippen molar-refractivity contribution in [2.24, 2.45) is 0 Å². The number of aromatic nitrogens is 2. The second-order valence-corrected chi connectivity index (χ2v) is 5.22. The third-order valence-corrected chi connectivity index (χ3v) is 3.13. The van der Waals surface area contributed by atoms with Crippen LogP contribution in [0.25, 0.3) is 11.0 Å². The van der Waals surface area contributed by atoms with Crippen molar-refractivity contribution in [3.63, 3.8) is 0 Å². The van der Waals surface area contributed by atoms with Crippen LogP contribution in [0.5, 0.6) is 5.75 Å². The highest BCUT2D eigenvalue weighted by molar-refractivity contribution is 5.80. The zero-order chi connectivity index (χ0) is 14.9. The summed E-state index contributed by atoms with van der Waals surface area (Å²) in [6.07, 6.45) is 0. The van der Waals surface area contributed by atoms with E-state index in [1.165, 1.54) is 13.2 Å². The molecule has 2 N–H and O–H groups in total. The normalized spacial score (nSPS) is 12.1. The predicted molar refractivity (Wildman–Crippen MR) is 76.4 cm³/mol. The summed E-state index contributed by atoms with van der Waals surface area (Å²) in [4.78, 5) is 4.18. The molecule has 5 nitrogen and oxygen atoms in total. The van der Waals surface area contributed by atoms with Gasteiger partial charge in [0.05, 0.1) is 30.3 Å². The van der Waals surface area contributed by atoms with Gasteiger partial charge < -0.3 is 19.8 Å². The van der Waals surface area contributed by atoms with Gasteiger partial charge in [-0.1, -0.05) is 0 Å². The molecule has 2 rings (SSSR count). The van der Waals surface area contributed by atoms with Crippen molar-refractivity contribution >= 4 is 17.0 Å². The van der Waals surface area contributed by atoms with Crippen LogP contribution in [0.3, 0.4) is 0 Å². The summed E-state index contributed by atoms with van der Waals surface area (Å²) in [7, 11) is 1.43. The topological polar surface area (TPSA) is 62.3 Å². The number of halogens is 1. The van der Waals surface area contributed by atoms with E-state index in [0.29, 0.717) is 24.6 Å². The maximum Gasteiger partial charge on any atom is 0.201 e. The number of imidazole rings is 1. The number of ether oxygens (including phenoxy) is 2. The number of hydrogen-bond acceptors (Lipinski definition) is 4. The number of nitrogens with two attached hydrogens (primary N) is 1. The average molecular weight is 281 g/mol. The first kappa shape index (κ1) is 14.6. The molecule has 0 saturated carbocycles. The molecule has 1 heterocycles. The largest absolute Gasteiger partial charge is 0.494 e. The van der Waals surface area contributed by atoms with Gasteiger partial charge >= 0.3 is 0 Å². The fourth-order valence-electron chi connectivity index (χ4n) is 2.28. The van der Waals surface area contributed by atoms with E-state index >= 15 is 0 Å². The Bertz CT molecular complexity index is 622. The number of fused-ring (bicyclic) bond motifs is 1. The van der Waals surface area contributed by atoms with E-state index in [2.05, 4.69) is 4.98 Å². The zero-order valence-electron chi connectivity index (χ0n) is 12.2. The molecule has 0 spiro atoms. The van der Waals surface area contributed by atoms with Gasteiger partial charge in [-0.2, -0.15) is 0 Å².